The number of hydrogen-bond donors (Lipinski definition) is 1. The third-order valence-electron chi connectivity index (χ3n) is 4.89. The Morgan fingerprint density at radius 3 is 2.71 bits per heavy atom. The van der Waals surface area contributed by atoms with Gasteiger partial charge < -0.3 is 4.98 Å². The lowest BCUT2D eigenvalue weighted by Gasteiger charge is -2.26. The zero-order valence-electron chi connectivity index (χ0n) is 13.6. The molecule has 0 unspecified atom stereocenters. The topological polar surface area (TPSA) is 19.0 Å². The van der Waals surface area contributed by atoms with Gasteiger partial charge in [-0.1, -0.05) is 30.3 Å². The molecule has 0 radical (unpaired) electrons. The van der Waals surface area contributed by atoms with E-state index >= 15 is 0 Å². The highest BCUT2D eigenvalue weighted by Gasteiger charge is 2.13. The molecule has 1 aliphatic rings. The van der Waals surface area contributed by atoms with E-state index in [0.717, 1.165) is 38.0 Å². The fraction of sp³-hybridized carbons (Fsp3) is 0.238. The number of aromatic amines is 1. The van der Waals surface area contributed by atoms with Gasteiger partial charge in [0.1, 0.15) is 5.82 Å². The Kier molecular flexibility index (Phi) is 4.18. The Bertz CT molecular complexity index is 861. The average molecular weight is 320 g/mol. The molecule has 3 aromatic rings. The fourth-order valence-corrected chi connectivity index (χ4v) is 3.49. The summed E-state index contributed by atoms with van der Waals surface area (Å²) >= 11 is 0. The molecule has 0 saturated carbocycles. The maximum absolute atomic E-state index is 13.0. The number of halogens is 1. The third-order valence-corrected chi connectivity index (χ3v) is 4.89. The van der Waals surface area contributed by atoms with Gasteiger partial charge in [-0.2, -0.15) is 0 Å². The zero-order chi connectivity index (χ0) is 16.4. The largest absolute Gasteiger partial charge is 0.361 e. The van der Waals surface area contributed by atoms with Gasteiger partial charge in [-0.25, -0.2) is 4.39 Å². The predicted octanol–water partition coefficient (Wildman–Crippen LogP) is 4.64. The number of aromatic nitrogens is 1. The van der Waals surface area contributed by atoms with Crippen molar-refractivity contribution >= 4 is 16.5 Å². The van der Waals surface area contributed by atoms with Crippen molar-refractivity contribution in [2.45, 2.75) is 12.8 Å². The van der Waals surface area contributed by atoms with Gasteiger partial charge >= 0.3 is 0 Å². The fourth-order valence-electron chi connectivity index (χ4n) is 3.49. The lowest BCUT2D eigenvalue weighted by Crippen LogP contribution is -2.30. The number of benzene rings is 2. The van der Waals surface area contributed by atoms with Crippen LogP contribution < -0.4 is 0 Å². The van der Waals surface area contributed by atoms with Gasteiger partial charge in [-0.05, 0) is 53.8 Å². The highest BCUT2D eigenvalue weighted by atomic mass is 19.1. The van der Waals surface area contributed by atoms with Gasteiger partial charge in [0.2, 0.25) is 0 Å². The summed E-state index contributed by atoms with van der Waals surface area (Å²) in [5, 5.41) is 1.33. The van der Waals surface area contributed by atoms with E-state index in [1.807, 2.05) is 18.3 Å². The summed E-state index contributed by atoms with van der Waals surface area (Å²) in [4.78, 5) is 5.76. The highest BCUT2D eigenvalue weighted by Crippen LogP contribution is 2.23. The first-order valence-electron chi connectivity index (χ1n) is 8.52. The molecule has 122 valence electrons. The van der Waals surface area contributed by atoms with Crippen molar-refractivity contribution in [3.05, 3.63) is 77.7 Å². The van der Waals surface area contributed by atoms with Crippen LogP contribution in [0.2, 0.25) is 0 Å². The molecule has 1 aromatic heterocycles. The lowest BCUT2D eigenvalue weighted by atomic mass is 9.99. The van der Waals surface area contributed by atoms with E-state index in [2.05, 4.69) is 40.2 Å². The second kappa shape index (κ2) is 6.62. The van der Waals surface area contributed by atoms with Crippen LogP contribution in [-0.2, 0) is 6.42 Å². The number of hydrogen-bond acceptors (Lipinski definition) is 1. The molecule has 0 atom stereocenters. The molecule has 0 aliphatic carbocycles. The number of fused-ring (bicyclic) bond motifs is 1. The van der Waals surface area contributed by atoms with Crippen LogP contribution >= 0.6 is 0 Å². The first-order chi connectivity index (χ1) is 11.8. The zero-order valence-corrected chi connectivity index (χ0v) is 13.6. The van der Waals surface area contributed by atoms with Gasteiger partial charge in [0.25, 0.3) is 0 Å². The van der Waals surface area contributed by atoms with Gasteiger partial charge in [-0.3, -0.25) is 4.90 Å². The summed E-state index contributed by atoms with van der Waals surface area (Å²) in [5.41, 5.74) is 5.10. The molecular formula is C21H21FN2. The highest BCUT2D eigenvalue weighted by molar-refractivity contribution is 5.82. The van der Waals surface area contributed by atoms with Crippen molar-refractivity contribution < 1.29 is 4.39 Å². The van der Waals surface area contributed by atoms with Crippen molar-refractivity contribution in [1.82, 2.24) is 9.88 Å². The van der Waals surface area contributed by atoms with Crippen molar-refractivity contribution in [1.29, 1.82) is 0 Å². The van der Waals surface area contributed by atoms with E-state index in [0.29, 0.717) is 0 Å². The molecule has 1 N–H and O–H groups in total. The molecule has 1 aliphatic heterocycles. The quantitative estimate of drug-likeness (QED) is 0.742. The number of nitrogens with one attached hydrogen (secondary N) is 1. The van der Waals surface area contributed by atoms with Crippen LogP contribution in [0.3, 0.4) is 0 Å². The maximum Gasteiger partial charge on any atom is 0.123 e. The van der Waals surface area contributed by atoms with Gasteiger partial charge in [-0.15, -0.1) is 0 Å². The normalized spacial score (nSPS) is 15.6. The number of nitrogens with zero attached hydrogens (tertiary/aromatic N) is 1. The number of rotatable bonds is 4. The molecule has 2 heterocycles. The van der Waals surface area contributed by atoms with E-state index in [9.17, 15) is 4.39 Å². The van der Waals surface area contributed by atoms with Crippen LogP contribution in [0.1, 0.15) is 17.5 Å². The molecule has 24 heavy (non-hydrogen) atoms. The average Bonchev–Trinajstić information content (AvgIpc) is 3.10. The minimum Gasteiger partial charge on any atom is -0.361 e. The Hall–Kier alpha value is -2.39. The summed E-state index contributed by atoms with van der Waals surface area (Å²) in [7, 11) is 0. The summed E-state index contributed by atoms with van der Waals surface area (Å²) in [5.74, 6) is -0.171. The van der Waals surface area contributed by atoms with Crippen LogP contribution in [0.15, 0.2) is 60.8 Å². The molecule has 0 amide bonds. The van der Waals surface area contributed by atoms with Crippen LogP contribution in [0.5, 0.6) is 0 Å². The van der Waals surface area contributed by atoms with E-state index in [-0.39, 0.29) is 5.82 Å². The molecular weight excluding hydrogens is 299 g/mol. The molecule has 3 heteroatoms. The first-order valence-corrected chi connectivity index (χ1v) is 8.52. The van der Waals surface area contributed by atoms with E-state index < -0.39 is 0 Å². The van der Waals surface area contributed by atoms with Gasteiger partial charge in [0.05, 0.1) is 0 Å². The second-order valence-corrected chi connectivity index (χ2v) is 6.39. The summed E-state index contributed by atoms with van der Waals surface area (Å²) in [6.45, 7) is 3.10. The number of H-pyrrole nitrogens is 1. The molecule has 0 fully saturated rings. The summed E-state index contributed by atoms with van der Waals surface area (Å²) < 4.78 is 13.0. The molecule has 2 aromatic carbocycles. The van der Waals surface area contributed by atoms with E-state index in [1.54, 1.807) is 12.1 Å². The van der Waals surface area contributed by atoms with Crippen LogP contribution in [0.4, 0.5) is 4.39 Å². The maximum atomic E-state index is 13.0. The van der Waals surface area contributed by atoms with Crippen molar-refractivity contribution in [2.75, 3.05) is 19.6 Å². The molecule has 2 nitrogen and oxygen atoms in total. The molecule has 0 spiro atoms. The van der Waals surface area contributed by atoms with Crippen LogP contribution in [0, 0.1) is 5.82 Å². The first kappa shape index (κ1) is 15.2. The molecule has 0 saturated heterocycles. The van der Waals surface area contributed by atoms with Gasteiger partial charge in [0.15, 0.2) is 0 Å². The Balaban J connectivity index is 1.39. The van der Waals surface area contributed by atoms with Crippen molar-refractivity contribution in [3.63, 3.8) is 0 Å². The van der Waals surface area contributed by atoms with Crippen molar-refractivity contribution in [3.8, 4) is 0 Å². The summed E-state index contributed by atoms with van der Waals surface area (Å²) in [6.07, 6.45) is 6.38. The second-order valence-electron chi connectivity index (χ2n) is 6.39. The Morgan fingerprint density at radius 1 is 1.04 bits per heavy atom. The molecule has 0 bridgehead atoms. The Morgan fingerprint density at radius 2 is 1.92 bits per heavy atom. The standard InChI is InChI=1S/C21H21FN2/c22-19-6-4-16(5-7-19)17-9-13-24(14-10-17)15-11-18-2-1-3-21-20(18)8-12-23-21/h1-9,12,23H,10-11,13-15H2. The van der Waals surface area contributed by atoms with Crippen molar-refractivity contribution in [2.24, 2.45) is 0 Å². The molecule has 4 rings (SSSR count). The van der Waals surface area contributed by atoms with Crippen LogP contribution in [0.25, 0.3) is 16.5 Å². The SMILES string of the molecule is Fc1ccc(C2=CCN(CCc3cccc4[nH]ccc34)CC2)cc1. The smallest absolute Gasteiger partial charge is 0.123 e. The predicted molar refractivity (Wildman–Crippen MR) is 97.4 cm³/mol. The van der Waals surface area contributed by atoms with Crippen LogP contribution in [-0.4, -0.2) is 29.5 Å². The Labute approximate surface area is 141 Å². The van der Waals surface area contributed by atoms with E-state index in [1.165, 1.54) is 22.0 Å². The minimum atomic E-state index is -0.171. The minimum absolute atomic E-state index is 0.171. The lowest BCUT2D eigenvalue weighted by molar-refractivity contribution is 0.306. The monoisotopic (exact) mass is 320 g/mol. The van der Waals surface area contributed by atoms with Gasteiger partial charge in [0, 0.05) is 36.7 Å². The van der Waals surface area contributed by atoms with E-state index in [4.69, 9.17) is 0 Å². The third kappa shape index (κ3) is 3.13. The summed E-state index contributed by atoms with van der Waals surface area (Å²) in [6, 6.07) is 15.5.